The maximum absolute atomic E-state index is 10.7. The third-order valence-electron chi connectivity index (χ3n) is 0.911. The quantitative estimate of drug-likeness (QED) is 0.671. The van der Waals surface area contributed by atoms with Crippen LogP contribution in [0.2, 0.25) is 0 Å². The number of alkyl halides is 1. The SMILES string of the molecule is CCNC(=O)CCCBr. The molecule has 0 saturated heterocycles. The second kappa shape index (κ2) is 6.08. The maximum atomic E-state index is 10.7. The zero-order valence-electron chi connectivity index (χ0n) is 5.61. The zero-order chi connectivity index (χ0) is 7.11. The molecule has 0 atom stereocenters. The van der Waals surface area contributed by atoms with E-state index >= 15 is 0 Å². The molecule has 0 aliphatic rings. The molecule has 2 nitrogen and oxygen atoms in total. The molecule has 9 heavy (non-hydrogen) atoms. The van der Waals surface area contributed by atoms with Gasteiger partial charge in [0.2, 0.25) is 5.91 Å². The van der Waals surface area contributed by atoms with E-state index in [1.54, 1.807) is 0 Å². The summed E-state index contributed by atoms with van der Waals surface area (Å²) in [5.74, 6) is 0.150. The summed E-state index contributed by atoms with van der Waals surface area (Å²) in [7, 11) is 0. The summed E-state index contributed by atoms with van der Waals surface area (Å²) in [5.41, 5.74) is 0. The smallest absolute Gasteiger partial charge is 0.220 e. The predicted octanol–water partition coefficient (Wildman–Crippen LogP) is 1.30. The number of halogens is 1. The molecule has 0 radical (unpaired) electrons. The molecule has 0 bridgehead atoms. The first-order valence-corrected chi connectivity index (χ1v) is 4.26. The number of nitrogens with one attached hydrogen (secondary N) is 1. The van der Waals surface area contributed by atoms with Crippen molar-refractivity contribution in [3.05, 3.63) is 0 Å². The number of hydrogen-bond acceptors (Lipinski definition) is 1. The standard InChI is InChI=1S/C6H12BrNO/c1-2-8-6(9)4-3-5-7/h2-5H2,1H3,(H,8,9). The third kappa shape index (κ3) is 5.83. The van der Waals surface area contributed by atoms with Crippen molar-refractivity contribution in [2.24, 2.45) is 0 Å². The fourth-order valence-electron chi connectivity index (χ4n) is 0.513. The van der Waals surface area contributed by atoms with E-state index in [1.807, 2.05) is 6.92 Å². The van der Waals surface area contributed by atoms with E-state index < -0.39 is 0 Å². The summed E-state index contributed by atoms with van der Waals surface area (Å²) in [4.78, 5) is 10.7. The lowest BCUT2D eigenvalue weighted by Crippen LogP contribution is -2.22. The fourth-order valence-corrected chi connectivity index (χ4v) is 0.793. The lowest BCUT2D eigenvalue weighted by atomic mass is 10.3. The lowest BCUT2D eigenvalue weighted by Gasteiger charge is -1.97. The van der Waals surface area contributed by atoms with Crippen LogP contribution in [0.15, 0.2) is 0 Å². The Morgan fingerprint density at radius 3 is 2.78 bits per heavy atom. The lowest BCUT2D eigenvalue weighted by molar-refractivity contribution is -0.120. The molecule has 1 amide bonds. The minimum Gasteiger partial charge on any atom is -0.356 e. The Morgan fingerprint density at radius 1 is 1.67 bits per heavy atom. The molecule has 0 aromatic heterocycles. The highest BCUT2D eigenvalue weighted by Crippen LogP contribution is 1.92. The Bertz CT molecular complexity index is 85.1. The monoisotopic (exact) mass is 193 g/mol. The van der Waals surface area contributed by atoms with Gasteiger partial charge in [-0.2, -0.15) is 0 Å². The van der Waals surface area contributed by atoms with Gasteiger partial charge in [0.25, 0.3) is 0 Å². The second-order valence-corrected chi connectivity index (χ2v) is 2.54. The first-order chi connectivity index (χ1) is 4.31. The van der Waals surface area contributed by atoms with Crippen molar-refractivity contribution in [3.8, 4) is 0 Å². The van der Waals surface area contributed by atoms with Crippen molar-refractivity contribution in [2.75, 3.05) is 11.9 Å². The molecule has 0 rings (SSSR count). The van der Waals surface area contributed by atoms with Crippen molar-refractivity contribution < 1.29 is 4.79 Å². The topological polar surface area (TPSA) is 29.1 Å². The minimum absolute atomic E-state index is 0.150. The highest BCUT2D eigenvalue weighted by Gasteiger charge is 1.95. The van der Waals surface area contributed by atoms with Gasteiger partial charge in [-0.1, -0.05) is 15.9 Å². The van der Waals surface area contributed by atoms with Gasteiger partial charge in [-0.25, -0.2) is 0 Å². The van der Waals surface area contributed by atoms with Crippen LogP contribution in [0.1, 0.15) is 19.8 Å². The Balaban J connectivity index is 3.06. The van der Waals surface area contributed by atoms with Gasteiger partial charge in [0.05, 0.1) is 0 Å². The Hall–Kier alpha value is -0.0500. The fraction of sp³-hybridized carbons (Fsp3) is 0.833. The average molecular weight is 194 g/mol. The second-order valence-electron chi connectivity index (χ2n) is 1.75. The van der Waals surface area contributed by atoms with E-state index in [9.17, 15) is 4.79 Å². The van der Waals surface area contributed by atoms with E-state index in [4.69, 9.17) is 0 Å². The van der Waals surface area contributed by atoms with Crippen LogP contribution in [-0.2, 0) is 4.79 Å². The summed E-state index contributed by atoms with van der Waals surface area (Å²) in [6.07, 6.45) is 1.56. The third-order valence-corrected chi connectivity index (χ3v) is 1.47. The van der Waals surface area contributed by atoms with Crippen LogP contribution in [-0.4, -0.2) is 17.8 Å². The zero-order valence-corrected chi connectivity index (χ0v) is 7.20. The Morgan fingerprint density at radius 2 is 2.33 bits per heavy atom. The van der Waals surface area contributed by atoms with Gasteiger partial charge >= 0.3 is 0 Å². The molecule has 0 heterocycles. The number of amides is 1. The first-order valence-electron chi connectivity index (χ1n) is 3.14. The van der Waals surface area contributed by atoms with Crippen LogP contribution < -0.4 is 5.32 Å². The highest BCUT2D eigenvalue weighted by atomic mass is 79.9. The molecule has 3 heteroatoms. The Kier molecular flexibility index (Phi) is 6.04. The van der Waals surface area contributed by atoms with Gasteiger partial charge < -0.3 is 5.32 Å². The van der Waals surface area contributed by atoms with E-state index in [1.165, 1.54) is 0 Å². The molecule has 0 aromatic carbocycles. The molecule has 0 aromatic rings. The first kappa shape index (κ1) is 8.95. The van der Waals surface area contributed by atoms with Crippen LogP contribution >= 0.6 is 15.9 Å². The van der Waals surface area contributed by atoms with Crippen molar-refractivity contribution in [1.29, 1.82) is 0 Å². The Labute approximate surface area is 64.1 Å². The molecule has 0 unspecified atom stereocenters. The van der Waals surface area contributed by atoms with Crippen molar-refractivity contribution in [3.63, 3.8) is 0 Å². The van der Waals surface area contributed by atoms with Gasteiger partial charge in [-0.05, 0) is 13.3 Å². The molecule has 0 saturated carbocycles. The number of carbonyl (C=O) groups excluding carboxylic acids is 1. The molecule has 1 N–H and O–H groups in total. The summed E-state index contributed by atoms with van der Waals surface area (Å²) in [6, 6.07) is 0. The van der Waals surface area contributed by atoms with Gasteiger partial charge in [0.1, 0.15) is 0 Å². The highest BCUT2D eigenvalue weighted by molar-refractivity contribution is 9.09. The molecule has 0 fully saturated rings. The predicted molar refractivity (Wildman–Crippen MR) is 41.7 cm³/mol. The maximum Gasteiger partial charge on any atom is 0.220 e. The van der Waals surface area contributed by atoms with Gasteiger partial charge in [0.15, 0.2) is 0 Å². The summed E-state index contributed by atoms with van der Waals surface area (Å²) < 4.78 is 0. The minimum atomic E-state index is 0.150. The molecule has 54 valence electrons. The normalized spacial score (nSPS) is 9.11. The van der Waals surface area contributed by atoms with Gasteiger partial charge in [0, 0.05) is 18.3 Å². The largest absolute Gasteiger partial charge is 0.356 e. The summed E-state index contributed by atoms with van der Waals surface area (Å²) in [6.45, 7) is 2.66. The van der Waals surface area contributed by atoms with E-state index in [2.05, 4.69) is 21.2 Å². The van der Waals surface area contributed by atoms with Crippen molar-refractivity contribution in [2.45, 2.75) is 19.8 Å². The average Bonchev–Trinajstić information content (AvgIpc) is 1.85. The van der Waals surface area contributed by atoms with Crippen LogP contribution in [0.3, 0.4) is 0 Å². The molecule has 0 spiro atoms. The number of carbonyl (C=O) groups is 1. The van der Waals surface area contributed by atoms with E-state index in [0.717, 1.165) is 18.3 Å². The van der Waals surface area contributed by atoms with Crippen molar-refractivity contribution >= 4 is 21.8 Å². The molecular formula is C6H12BrNO. The number of hydrogen-bond donors (Lipinski definition) is 1. The van der Waals surface area contributed by atoms with Crippen molar-refractivity contribution in [1.82, 2.24) is 5.32 Å². The van der Waals surface area contributed by atoms with Crippen LogP contribution in [0.4, 0.5) is 0 Å². The van der Waals surface area contributed by atoms with Crippen LogP contribution in [0.25, 0.3) is 0 Å². The molecular weight excluding hydrogens is 182 g/mol. The summed E-state index contributed by atoms with van der Waals surface area (Å²) >= 11 is 3.25. The van der Waals surface area contributed by atoms with E-state index in [0.29, 0.717) is 6.42 Å². The van der Waals surface area contributed by atoms with Gasteiger partial charge in [-0.15, -0.1) is 0 Å². The molecule has 0 aliphatic heterocycles. The van der Waals surface area contributed by atoms with E-state index in [-0.39, 0.29) is 5.91 Å². The summed E-state index contributed by atoms with van der Waals surface area (Å²) in [5, 5.41) is 3.63. The van der Waals surface area contributed by atoms with Gasteiger partial charge in [-0.3, -0.25) is 4.79 Å². The van der Waals surface area contributed by atoms with Crippen LogP contribution in [0.5, 0.6) is 0 Å². The molecule has 0 aliphatic carbocycles. The number of rotatable bonds is 4. The van der Waals surface area contributed by atoms with Crippen LogP contribution in [0, 0.1) is 0 Å².